The van der Waals surface area contributed by atoms with Crippen LogP contribution in [-0.2, 0) is 15.8 Å². The highest BCUT2D eigenvalue weighted by molar-refractivity contribution is 8.00. The minimum absolute atomic E-state index is 0.0785. The van der Waals surface area contributed by atoms with Crippen molar-refractivity contribution in [2.24, 2.45) is 0 Å². The van der Waals surface area contributed by atoms with Crippen molar-refractivity contribution in [2.75, 3.05) is 16.4 Å². The fraction of sp³-hybridized carbons (Fsp3) is 0.176. The number of halogens is 4. The lowest BCUT2D eigenvalue weighted by Crippen LogP contribution is -2.15. The normalized spacial score (nSPS) is 11.1. The highest BCUT2D eigenvalue weighted by Gasteiger charge is 2.33. The molecule has 0 saturated heterocycles. The van der Waals surface area contributed by atoms with Crippen molar-refractivity contribution >= 4 is 52.2 Å². The molecule has 2 N–H and O–H groups in total. The Labute approximate surface area is 171 Å². The molecule has 0 radical (unpaired) electrons. The van der Waals surface area contributed by atoms with Crippen molar-refractivity contribution in [3.8, 4) is 0 Å². The molecular formula is C17H13ClF3N3O4S. The SMILES string of the molecule is CC(=O)Nc1ccc(NC(=O)CSc2ccc(C(F)(F)F)cc2[N+](=O)[O-])c(Cl)c1. The van der Waals surface area contributed by atoms with Crippen molar-refractivity contribution < 1.29 is 27.7 Å². The van der Waals surface area contributed by atoms with Crippen LogP contribution in [0.4, 0.5) is 30.2 Å². The van der Waals surface area contributed by atoms with Gasteiger partial charge in [-0.15, -0.1) is 11.8 Å². The molecule has 0 bridgehead atoms. The average Bonchev–Trinajstić information content (AvgIpc) is 2.60. The quantitative estimate of drug-likeness (QED) is 0.370. The van der Waals surface area contributed by atoms with Gasteiger partial charge in [-0.05, 0) is 30.3 Å². The molecule has 0 fully saturated rings. The molecule has 0 unspecified atom stereocenters. The van der Waals surface area contributed by atoms with Crippen LogP contribution < -0.4 is 10.6 Å². The number of carbonyl (C=O) groups is 2. The lowest BCUT2D eigenvalue weighted by atomic mass is 10.2. The first-order valence-electron chi connectivity index (χ1n) is 7.83. The van der Waals surface area contributed by atoms with Gasteiger partial charge in [-0.3, -0.25) is 19.7 Å². The topological polar surface area (TPSA) is 101 Å². The Morgan fingerprint density at radius 1 is 1.17 bits per heavy atom. The molecule has 0 atom stereocenters. The predicted molar refractivity (Wildman–Crippen MR) is 103 cm³/mol. The fourth-order valence-corrected chi connectivity index (χ4v) is 3.22. The number of nitro groups is 1. The minimum Gasteiger partial charge on any atom is -0.326 e. The summed E-state index contributed by atoms with van der Waals surface area (Å²) in [5.41, 5.74) is -1.22. The van der Waals surface area contributed by atoms with Crippen molar-refractivity contribution in [3.63, 3.8) is 0 Å². The summed E-state index contributed by atoms with van der Waals surface area (Å²) in [5, 5.41) is 16.2. The average molecular weight is 448 g/mol. The van der Waals surface area contributed by atoms with Crippen LogP contribution in [-0.4, -0.2) is 22.5 Å². The molecule has 2 aromatic rings. The van der Waals surface area contributed by atoms with E-state index in [1.807, 2.05) is 0 Å². The van der Waals surface area contributed by atoms with Crippen molar-refractivity contribution in [1.29, 1.82) is 0 Å². The summed E-state index contributed by atoms with van der Waals surface area (Å²) in [4.78, 5) is 33.2. The van der Waals surface area contributed by atoms with Gasteiger partial charge in [0.2, 0.25) is 11.8 Å². The Balaban J connectivity index is 2.07. The van der Waals surface area contributed by atoms with E-state index in [2.05, 4.69) is 10.6 Å². The van der Waals surface area contributed by atoms with Crippen molar-refractivity contribution in [2.45, 2.75) is 18.0 Å². The largest absolute Gasteiger partial charge is 0.416 e. The smallest absolute Gasteiger partial charge is 0.326 e. The molecule has 0 aliphatic heterocycles. The molecule has 0 aromatic heterocycles. The van der Waals surface area contributed by atoms with E-state index in [0.717, 1.165) is 17.8 Å². The number of thioether (sulfide) groups is 1. The molecule has 7 nitrogen and oxygen atoms in total. The van der Waals surface area contributed by atoms with Crippen LogP contribution in [0.3, 0.4) is 0 Å². The standard InChI is InChI=1S/C17H13ClF3N3O4S/c1-9(25)22-11-3-4-13(12(18)7-11)23-16(26)8-29-15-5-2-10(17(19,20)21)6-14(15)24(27)28/h2-7H,8H2,1H3,(H,22,25)(H,23,26). The molecule has 0 aliphatic carbocycles. The number of nitrogens with one attached hydrogen (secondary N) is 2. The number of hydrogen-bond donors (Lipinski definition) is 2. The van der Waals surface area contributed by atoms with Gasteiger partial charge in [0, 0.05) is 18.7 Å². The van der Waals surface area contributed by atoms with Crippen LogP contribution in [0.25, 0.3) is 0 Å². The number of carbonyl (C=O) groups excluding carboxylic acids is 2. The second kappa shape index (κ2) is 9.14. The first-order valence-corrected chi connectivity index (χ1v) is 9.19. The second-order valence-corrected chi connectivity index (χ2v) is 7.07. The first kappa shape index (κ1) is 22.5. The van der Waals surface area contributed by atoms with Gasteiger partial charge >= 0.3 is 6.18 Å². The number of nitro benzene ring substituents is 1. The molecule has 2 rings (SSSR count). The van der Waals surface area contributed by atoms with Gasteiger partial charge < -0.3 is 10.6 Å². The van der Waals surface area contributed by atoms with Crippen LogP contribution in [0, 0.1) is 10.1 Å². The van der Waals surface area contributed by atoms with Gasteiger partial charge in [-0.25, -0.2) is 0 Å². The Morgan fingerprint density at radius 2 is 1.86 bits per heavy atom. The van der Waals surface area contributed by atoms with E-state index in [9.17, 15) is 32.9 Å². The first-order chi connectivity index (χ1) is 13.5. The molecule has 29 heavy (non-hydrogen) atoms. The number of amides is 2. The van der Waals surface area contributed by atoms with E-state index in [0.29, 0.717) is 17.8 Å². The monoisotopic (exact) mass is 447 g/mol. The maximum atomic E-state index is 12.7. The second-order valence-electron chi connectivity index (χ2n) is 5.65. The number of rotatable bonds is 6. The van der Waals surface area contributed by atoms with Gasteiger partial charge in [-0.2, -0.15) is 13.2 Å². The van der Waals surface area contributed by atoms with E-state index in [4.69, 9.17) is 11.6 Å². The minimum atomic E-state index is -4.72. The summed E-state index contributed by atoms with van der Waals surface area (Å²) in [6.45, 7) is 1.32. The number of benzene rings is 2. The maximum absolute atomic E-state index is 12.7. The fourth-order valence-electron chi connectivity index (χ4n) is 2.19. The molecule has 12 heteroatoms. The highest BCUT2D eigenvalue weighted by atomic mass is 35.5. The zero-order valence-corrected chi connectivity index (χ0v) is 16.2. The zero-order chi connectivity index (χ0) is 21.8. The summed E-state index contributed by atoms with van der Waals surface area (Å²) in [6, 6.07) is 6.48. The molecule has 0 heterocycles. The van der Waals surface area contributed by atoms with E-state index < -0.39 is 28.3 Å². The van der Waals surface area contributed by atoms with E-state index in [1.165, 1.54) is 25.1 Å². The predicted octanol–water partition coefficient (Wildman–Crippen LogP) is 4.96. The van der Waals surface area contributed by atoms with Crippen LogP contribution in [0.2, 0.25) is 5.02 Å². The van der Waals surface area contributed by atoms with Crippen LogP contribution in [0.1, 0.15) is 12.5 Å². The van der Waals surface area contributed by atoms with Gasteiger partial charge in [0.05, 0.1) is 31.8 Å². The summed E-state index contributed by atoms with van der Waals surface area (Å²) in [7, 11) is 0. The lowest BCUT2D eigenvalue weighted by Gasteiger charge is -2.10. The Kier molecular flexibility index (Phi) is 7.09. The van der Waals surface area contributed by atoms with Gasteiger partial charge in [0.25, 0.3) is 5.69 Å². The van der Waals surface area contributed by atoms with Gasteiger partial charge in [0.15, 0.2) is 0 Å². The van der Waals surface area contributed by atoms with E-state index in [1.54, 1.807) is 0 Å². The molecule has 0 spiro atoms. The molecule has 0 aliphatic rings. The van der Waals surface area contributed by atoms with Crippen LogP contribution in [0.5, 0.6) is 0 Å². The Hall–Kier alpha value is -2.79. The number of hydrogen-bond acceptors (Lipinski definition) is 5. The van der Waals surface area contributed by atoms with Crippen LogP contribution in [0.15, 0.2) is 41.3 Å². The number of nitrogens with zero attached hydrogens (tertiary/aromatic N) is 1. The zero-order valence-electron chi connectivity index (χ0n) is 14.7. The van der Waals surface area contributed by atoms with Gasteiger partial charge in [-0.1, -0.05) is 11.6 Å². The highest BCUT2D eigenvalue weighted by Crippen LogP contribution is 2.36. The maximum Gasteiger partial charge on any atom is 0.416 e. The molecule has 0 saturated carbocycles. The summed E-state index contributed by atoms with van der Waals surface area (Å²) in [5.74, 6) is -1.17. The Bertz CT molecular complexity index is 969. The van der Waals surface area contributed by atoms with Crippen molar-refractivity contribution in [3.05, 3.63) is 57.1 Å². The molecule has 2 aromatic carbocycles. The third kappa shape index (κ3) is 6.36. The van der Waals surface area contributed by atoms with Crippen molar-refractivity contribution in [1.82, 2.24) is 0 Å². The lowest BCUT2D eigenvalue weighted by molar-refractivity contribution is -0.388. The number of anilines is 2. The third-order valence-corrected chi connectivity index (χ3v) is 4.78. The number of alkyl halides is 3. The van der Waals surface area contributed by atoms with Crippen LogP contribution >= 0.6 is 23.4 Å². The van der Waals surface area contributed by atoms with E-state index in [-0.39, 0.29) is 27.3 Å². The van der Waals surface area contributed by atoms with E-state index >= 15 is 0 Å². The molecule has 154 valence electrons. The summed E-state index contributed by atoms with van der Waals surface area (Å²) in [6.07, 6.45) is -4.72. The molecular weight excluding hydrogens is 435 g/mol. The third-order valence-electron chi connectivity index (χ3n) is 3.41. The Morgan fingerprint density at radius 3 is 2.41 bits per heavy atom. The summed E-state index contributed by atoms with van der Waals surface area (Å²) < 4.78 is 38.2. The summed E-state index contributed by atoms with van der Waals surface area (Å²) >= 11 is 6.75. The van der Waals surface area contributed by atoms with Gasteiger partial charge in [0.1, 0.15) is 0 Å². The molecule has 2 amide bonds.